The topological polar surface area (TPSA) is 63.7 Å². The summed E-state index contributed by atoms with van der Waals surface area (Å²) in [5.41, 5.74) is 1.27. The van der Waals surface area contributed by atoms with Crippen LogP contribution in [0.15, 0.2) is 12.3 Å². The van der Waals surface area contributed by atoms with Gasteiger partial charge in [0, 0.05) is 50.5 Å². The summed E-state index contributed by atoms with van der Waals surface area (Å²) < 4.78 is 35.1. The Morgan fingerprint density at radius 2 is 2.06 bits per heavy atom. The number of aromatic nitrogens is 1. The van der Waals surface area contributed by atoms with Crippen LogP contribution in [0.5, 0.6) is 5.75 Å². The highest BCUT2D eigenvalue weighted by Crippen LogP contribution is 2.46. The molecule has 3 aliphatic rings. The third kappa shape index (κ3) is 4.85. The molecule has 0 aromatic carbocycles. The molecule has 0 spiro atoms. The largest absolute Gasteiger partial charge is 0.433 e. The summed E-state index contributed by atoms with van der Waals surface area (Å²) in [7, 11) is 0. The minimum absolute atomic E-state index is 0.0446. The van der Waals surface area contributed by atoms with Crippen molar-refractivity contribution in [3.8, 4) is 5.75 Å². The van der Waals surface area contributed by atoms with Crippen molar-refractivity contribution >= 4 is 5.91 Å². The number of carbonyl (C=O) groups excluding carboxylic acids is 1. The summed E-state index contributed by atoms with van der Waals surface area (Å²) in [5.74, 6) is 0.460. The molecule has 2 fully saturated rings. The van der Waals surface area contributed by atoms with Crippen LogP contribution in [0.4, 0.5) is 8.78 Å². The van der Waals surface area contributed by atoms with Gasteiger partial charge in [-0.15, -0.1) is 0 Å². The smallest absolute Gasteiger partial charge is 0.387 e. The van der Waals surface area contributed by atoms with E-state index in [2.05, 4.69) is 28.9 Å². The minimum Gasteiger partial charge on any atom is -0.433 e. The number of carbonyl (C=O) groups is 1. The van der Waals surface area contributed by atoms with E-state index in [9.17, 15) is 13.6 Å². The fourth-order valence-corrected chi connectivity index (χ4v) is 5.44. The van der Waals surface area contributed by atoms with Crippen molar-refractivity contribution in [2.24, 2.45) is 11.3 Å². The number of hydrogen-bond acceptors (Lipinski definition) is 5. The standard InChI is InChI=1S/C23H33F2N3O3/c1-15(2)23(7-3-18(12-23)27-17-5-9-30-10-6-17)21(29)28-8-4-20-16(14-28)11-19(13-26-20)31-22(24)25/h11,13,15,17-18,22,27H,3-10,12,14H2,1-2H3. The van der Waals surface area contributed by atoms with Crippen molar-refractivity contribution in [1.29, 1.82) is 0 Å². The third-order valence-electron chi connectivity index (χ3n) is 7.30. The molecule has 1 amide bonds. The molecule has 1 saturated heterocycles. The summed E-state index contributed by atoms with van der Waals surface area (Å²) >= 11 is 0. The number of hydrogen-bond donors (Lipinski definition) is 1. The van der Waals surface area contributed by atoms with E-state index in [1.54, 1.807) is 6.07 Å². The first-order valence-corrected chi connectivity index (χ1v) is 11.4. The Bertz CT molecular complexity index is 785. The van der Waals surface area contributed by atoms with Gasteiger partial charge in [0.15, 0.2) is 0 Å². The maximum Gasteiger partial charge on any atom is 0.387 e. The maximum atomic E-state index is 13.8. The highest BCUT2D eigenvalue weighted by molar-refractivity contribution is 5.83. The van der Waals surface area contributed by atoms with Crippen LogP contribution in [0, 0.1) is 11.3 Å². The van der Waals surface area contributed by atoms with Gasteiger partial charge in [0.1, 0.15) is 5.75 Å². The monoisotopic (exact) mass is 437 g/mol. The second kappa shape index (κ2) is 9.36. The quantitative estimate of drug-likeness (QED) is 0.738. The first kappa shape index (κ1) is 22.4. The zero-order valence-electron chi connectivity index (χ0n) is 18.4. The van der Waals surface area contributed by atoms with E-state index in [-0.39, 0.29) is 23.0 Å². The van der Waals surface area contributed by atoms with Crippen LogP contribution in [-0.4, -0.2) is 54.2 Å². The molecule has 0 bridgehead atoms. The van der Waals surface area contributed by atoms with E-state index >= 15 is 0 Å². The van der Waals surface area contributed by atoms with Crippen LogP contribution in [0.25, 0.3) is 0 Å². The molecule has 172 valence electrons. The highest BCUT2D eigenvalue weighted by Gasteiger charge is 2.49. The molecular weight excluding hydrogens is 404 g/mol. The van der Waals surface area contributed by atoms with Crippen molar-refractivity contribution in [1.82, 2.24) is 15.2 Å². The molecule has 2 atom stereocenters. The van der Waals surface area contributed by atoms with Gasteiger partial charge in [0.2, 0.25) is 5.91 Å². The lowest BCUT2D eigenvalue weighted by Crippen LogP contribution is -2.49. The van der Waals surface area contributed by atoms with Crippen LogP contribution in [0.2, 0.25) is 0 Å². The summed E-state index contributed by atoms with van der Waals surface area (Å²) in [5, 5.41) is 3.78. The highest BCUT2D eigenvalue weighted by atomic mass is 19.3. The van der Waals surface area contributed by atoms with E-state index < -0.39 is 6.61 Å². The number of fused-ring (bicyclic) bond motifs is 1. The maximum absolute atomic E-state index is 13.8. The van der Waals surface area contributed by atoms with Crippen molar-refractivity contribution in [3.63, 3.8) is 0 Å². The molecule has 3 heterocycles. The van der Waals surface area contributed by atoms with Crippen LogP contribution in [-0.2, 0) is 22.5 Å². The molecule has 1 saturated carbocycles. The summed E-state index contributed by atoms with van der Waals surface area (Å²) in [6.07, 6.45) is 6.74. The molecule has 4 rings (SSSR count). The fourth-order valence-electron chi connectivity index (χ4n) is 5.44. The lowest BCUT2D eigenvalue weighted by Gasteiger charge is -2.39. The van der Waals surface area contributed by atoms with Gasteiger partial charge in [0.05, 0.1) is 11.6 Å². The Morgan fingerprint density at radius 1 is 1.29 bits per heavy atom. The van der Waals surface area contributed by atoms with E-state index in [0.717, 1.165) is 56.6 Å². The van der Waals surface area contributed by atoms with Gasteiger partial charge in [0.25, 0.3) is 0 Å². The molecule has 6 nitrogen and oxygen atoms in total. The van der Waals surface area contributed by atoms with E-state index in [1.165, 1.54) is 6.20 Å². The number of halogens is 2. The molecule has 0 radical (unpaired) electrons. The molecule has 2 unspecified atom stereocenters. The summed E-state index contributed by atoms with van der Waals surface area (Å²) in [6.45, 7) is 4.01. The second-order valence-corrected chi connectivity index (χ2v) is 9.44. The number of nitrogens with zero attached hydrogens (tertiary/aromatic N) is 2. The Hall–Kier alpha value is -1.80. The lowest BCUT2D eigenvalue weighted by atomic mass is 9.74. The Kier molecular flexibility index (Phi) is 6.77. The van der Waals surface area contributed by atoms with E-state index in [0.29, 0.717) is 31.6 Å². The Balaban J connectivity index is 1.45. The van der Waals surface area contributed by atoms with Crippen LogP contribution in [0.3, 0.4) is 0 Å². The van der Waals surface area contributed by atoms with E-state index in [1.807, 2.05) is 4.90 Å². The van der Waals surface area contributed by atoms with Crippen LogP contribution < -0.4 is 10.1 Å². The number of nitrogens with one attached hydrogen (secondary N) is 1. The molecule has 1 aromatic rings. The van der Waals surface area contributed by atoms with Crippen molar-refractivity contribution in [2.75, 3.05) is 19.8 Å². The summed E-state index contributed by atoms with van der Waals surface area (Å²) in [4.78, 5) is 20.0. The first-order valence-electron chi connectivity index (χ1n) is 11.4. The van der Waals surface area contributed by atoms with E-state index in [4.69, 9.17) is 4.74 Å². The van der Waals surface area contributed by atoms with Gasteiger partial charge in [-0.3, -0.25) is 9.78 Å². The molecule has 1 N–H and O–H groups in total. The van der Waals surface area contributed by atoms with Crippen LogP contribution >= 0.6 is 0 Å². The number of amides is 1. The van der Waals surface area contributed by atoms with Gasteiger partial charge in [-0.25, -0.2) is 0 Å². The Labute approximate surface area is 182 Å². The SMILES string of the molecule is CC(C)C1(C(=O)N2CCc3ncc(OC(F)F)cc3C2)CCC(NC2CCOCC2)C1. The second-order valence-electron chi connectivity index (χ2n) is 9.44. The van der Waals surface area contributed by atoms with Crippen LogP contribution in [0.1, 0.15) is 57.2 Å². The molecular formula is C23H33F2N3O3. The van der Waals surface area contributed by atoms with Gasteiger partial charge < -0.3 is 19.7 Å². The normalized spacial score (nSPS) is 27.0. The fraction of sp³-hybridized carbons (Fsp3) is 0.739. The zero-order chi connectivity index (χ0) is 22.0. The van der Waals surface area contributed by atoms with Gasteiger partial charge in [-0.1, -0.05) is 13.8 Å². The number of ether oxygens (including phenoxy) is 2. The predicted octanol–water partition coefficient (Wildman–Crippen LogP) is 3.53. The lowest BCUT2D eigenvalue weighted by molar-refractivity contribution is -0.146. The minimum atomic E-state index is -2.89. The van der Waals surface area contributed by atoms with Crippen molar-refractivity contribution in [3.05, 3.63) is 23.5 Å². The van der Waals surface area contributed by atoms with Gasteiger partial charge in [-0.2, -0.15) is 8.78 Å². The molecule has 2 aliphatic heterocycles. The molecule has 8 heteroatoms. The molecule has 1 aromatic heterocycles. The molecule has 31 heavy (non-hydrogen) atoms. The number of pyridine rings is 1. The third-order valence-corrected chi connectivity index (χ3v) is 7.30. The average molecular weight is 438 g/mol. The zero-order valence-corrected chi connectivity index (χ0v) is 18.4. The first-order chi connectivity index (χ1) is 14.9. The number of rotatable bonds is 6. The van der Waals surface area contributed by atoms with Gasteiger partial charge in [-0.05, 0) is 49.7 Å². The summed E-state index contributed by atoms with van der Waals surface area (Å²) in [6, 6.07) is 2.41. The Morgan fingerprint density at radius 3 is 2.77 bits per heavy atom. The predicted molar refractivity (Wildman–Crippen MR) is 112 cm³/mol. The van der Waals surface area contributed by atoms with Crippen molar-refractivity contribution in [2.45, 2.75) is 77.6 Å². The average Bonchev–Trinajstić information content (AvgIpc) is 3.18. The number of alkyl halides is 2. The van der Waals surface area contributed by atoms with Gasteiger partial charge >= 0.3 is 6.61 Å². The van der Waals surface area contributed by atoms with Crippen molar-refractivity contribution < 1.29 is 23.0 Å². The molecule has 1 aliphatic carbocycles.